The summed E-state index contributed by atoms with van der Waals surface area (Å²) in [4.78, 5) is 4.68. The summed E-state index contributed by atoms with van der Waals surface area (Å²) in [6.45, 7) is 5.01. The molecule has 1 aliphatic heterocycles. The van der Waals surface area contributed by atoms with E-state index < -0.39 is 6.10 Å². The van der Waals surface area contributed by atoms with Gasteiger partial charge in [0.05, 0.1) is 6.10 Å². The van der Waals surface area contributed by atoms with Gasteiger partial charge in [-0.15, -0.1) is 0 Å². The van der Waals surface area contributed by atoms with Crippen molar-refractivity contribution in [1.29, 1.82) is 0 Å². The Morgan fingerprint density at radius 2 is 2.16 bits per heavy atom. The lowest BCUT2D eigenvalue weighted by atomic mass is 10.0. The second-order valence-electron chi connectivity index (χ2n) is 5.87. The fraction of sp³-hybridized carbons (Fsp3) is 0.625. The van der Waals surface area contributed by atoms with E-state index >= 15 is 0 Å². The first-order chi connectivity index (χ1) is 9.08. The van der Waals surface area contributed by atoms with Crippen LogP contribution in [0.25, 0.3) is 0 Å². The van der Waals surface area contributed by atoms with E-state index in [9.17, 15) is 5.11 Å². The molecule has 1 aliphatic rings. The highest BCUT2D eigenvalue weighted by atomic mass is 16.3. The highest BCUT2D eigenvalue weighted by Crippen LogP contribution is 2.20. The molecular weight excluding hydrogens is 236 g/mol. The topological polar surface area (TPSA) is 26.7 Å². The summed E-state index contributed by atoms with van der Waals surface area (Å²) in [6, 6.07) is 8.74. The molecule has 0 spiro atoms. The summed E-state index contributed by atoms with van der Waals surface area (Å²) >= 11 is 0. The molecule has 2 rings (SSSR count). The van der Waals surface area contributed by atoms with Crippen LogP contribution in [0.1, 0.15) is 30.1 Å². The summed E-state index contributed by atoms with van der Waals surface area (Å²) < 4.78 is 0. The third-order valence-corrected chi connectivity index (χ3v) is 4.23. The highest BCUT2D eigenvalue weighted by molar-refractivity contribution is 5.27. The lowest BCUT2D eigenvalue weighted by molar-refractivity contribution is 0.112. The minimum absolute atomic E-state index is 0.391. The molecule has 3 nitrogen and oxygen atoms in total. The highest BCUT2D eigenvalue weighted by Gasteiger charge is 2.23. The van der Waals surface area contributed by atoms with E-state index in [1.165, 1.54) is 24.9 Å². The molecule has 0 aromatic heterocycles. The van der Waals surface area contributed by atoms with Crippen molar-refractivity contribution in [2.75, 3.05) is 33.7 Å². The van der Waals surface area contributed by atoms with Crippen LogP contribution in [0, 0.1) is 6.92 Å². The van der Waals surface area contributed by atoms with Gasteiger partial charge in [-0.1, -0.05) is 24.3 Å². The normalized spacial score (nSPS) is 22.1. The summed E-state index contributed by atoms with van der Waals surface area (Å²) in [5.41, 5.74) is 2.22. The van der Waals surface area contributed by atoms with Crippen LogP contribution >= 0.6 is 0 Å². The van der Waals surface area contributed by atoms with Crippen LogP contribution in [0.4, 0.5) is 0 Å². The molecule has 2 atom stereocenters. The van der Waals surface area contributed by atoms with Crippen LogP contribution in [0.5, 0.6) is 0 Å². The average molecular weight is 262 g/mol. The summed E-state index contributed by atoms with van der Waals surface area (Å²) in [6.07, 6.45) is 2.19. The number of aliphatic hydroxyl groups excluding tert-OH is 1. The summed E-state index contributed by atoms with van der Waals surface area (Å²) in [7, 11) is 4.30. The van der Waals surface area contributed by atoms with E-state index in [1.807, 2.05) is 18.2 Å². The van der Waals surface area contributed by atoms with E-state index in [4.69, 9.17) is 0 Å². The van der Waals surface area contributed by atoms with Crippen LogP contribution in [0.2, 0.25) is 0 Å². The molecule has 19 heavy (non-hydrogen) atoms. The van der Waals surface area contributed by atoms with E-state index in [0.717, 1.165) is 12.1 Å². The molecule has 1 heterocycles. The molecular formula is C16H26N2O. The lowest BCUT2D eigenvalue weighted by Crippen LogP contribution is -2.38. The Morgan fingerprint density at radius 1 is 1.42 bits per heavy atom. The molecule has 0 amide bonds. The van der Waals surface area contributed by atoms with Crippen molar-refractivity contribution >= 4 is 0 Å². The molecule has 0 saturated carbocycles. The van der Waals surface area contributed by atoms with Crippen molar-refractivity contribution in [2.45, 2.75) is 31.9 Å². The number of hydrogen-bond donors (Lipinski definition) is 1. The maximum absolute atomic E-state index is 10.4. The van der Waals surface area contributed by atoms with Gasteiger partial charge in [0.25, 0.3) is 0 Å². The third-order valence-electron chi connectivity index (χ3n) is 4.23. The first-order valence-corrected chi connectivity index (χ1v) is 7.20. The largest absolute Gasteiger partial charge is 0.387 e. The Bertz CT molecular complexity index is 407. The molecule has 0 radical (unpaired) electrons. The fourth-order valence-corrected chi connectivity index (χ4v) is 3.00. The molecule has 1 aromatic rings. The number of aryl methyl sites for hydroxylation is 1. The summed E-state index contributed by atoms with van der Waals surface area (Å²) in [5, 5.41) is 10.4. The third kappa shape index (κ3) is 3.78. The van der Waals surface area contributed by atoms with E-state index in [1.54, 1.807) is 0 Å². The van der Waals surface area contributed by atoms with E-state index in [2.05, 4.69) is 36.9 Å². The molecule has 0 aliphatic carbocycles. The smallest absolute Gasteiger partial charge is 0.0919 e. The zero-order chi connectivity index (χ0) is 13.8. The SMILES string of the molecule is Cc1ccccc1C(O)CN(C)CC1CCCN1C. The predicted molar refractivity (Wildman–Crippen MR) is 79.3 cm³/mol. The van der Waals surface area contributed by atoms with Gasteiger partial charge in [0, 0.05) is 19.1 Å². The van der Waals surface area contributed by atoms with Crippen LogP contribution in [0.3, 0.4) is 0 Å². The van der Waals surface area contributed by atoms with Gasteiger partial charge in [-0.05, 0) is 51.5 Å². The van der Waals surface area contributed by atoms with Crippen LogP contribution in [0.15, 0.2) is 24.3 Å². The van der Waals surface area contributed by atoms with Gasteiger partial charge in [0.15, 0.2) is 0 Å². The number of likely N-dealkylation sites (N-methyl/N-ethyl adjacent to an activating group) is 2. The van der Waals surface area contributed by atoms with Crippen LogP contribution < -0.4 is 0 Å². The maximum Gasteiger partial charge on any atom is 0.0919 e. The number of likely N-dealkylation sites (tertiary alicyclic amines) is 1. The van der Waals surface area contributed by atoms with Crippen molar-refractivity contribution in [1.82, 2.24) is 9.80 Å². The Hall–Kier alpha value is -0.900. The molecule has 0 bridgehead atoms. The Labute approximate surface area is 116 Å². The molecule has 2 unspecified atom stereocenters. The Balaban J connectivity index is 1.88. The molecule has 3 heteroatoms. The van der Waals surface area contributed by atoms with Crippen LogP contribution in [-0.4, -0.2) is 54.7 Å². The first kappa shape index (κ1) is 14.5. The van der Waals surface area contributed by atoms with Gasteiger partial charge in [-0.25, -0.2) is 0 Å². The lowest BCUT2D eigenvalue weighted by Gasteiger charge is -2.27. The van der Waals surface area contributed by atoms with Gasteiger partial charge in [-0.2, -0.15) is 0 Å². The van der Waals surface area contributed by atoms with E-state index in [0.29, 0.717) is 12.6 Å². The Morgan fingerprint density at radius 3 is 2.79 bits per heavy atom. The number of aliphatic hydroxyl groups is 1. The Kier molecular flexibility index (Phi) is 4.97. The number of hydrogen-bond acceptors (Lipinski definition) is 3. The zero-order valence-electron chi connectivity index (χ0n) is 12.3. The van der Waals surface area contributed by atoms with Gasteiger partial charge < -0.3 is 14.9 Å². The molecule has 1 N–H and O–H groups in total. The quantitative estimate of drug-likeness (QED) is 0.880. The average Bonchev–Trinajstić information content (AvgIpc) is 2.75. The number of benzene rings is 1. The minimum Gasteiger partial charge on any atom is -0.387 e. The predicted octanol–water partition coefficient (Wildman–Crippen LogP) is 2.05. The van der Waals surface area contributed by atoms with E-state index in [-0.39, 0.29) is 0 Å². The molecule has 1 fully saturated rings. The first-order valence-electron chi connectivity index (χ1n) is 7.20. The van der Waals surface area contributed by atoms with Crippen molar-refractivity contribution in [2.24, 2.45) is 0 Å². The molecule has 1 saturated heterocycles. The van der Waals surface area contributed by atoms with Crippen molar-refractivity contribution < 1.29 is 5.11 Å². The van der Waals surface area contributed by atoms with Gasteiger partial charge in [0.2, 0.25) is 0 Å². The zero-order valence-corrected chi connectivity index (χ0v) is 12.3. The molecule has 1 aromatic carbocycles. The minimum atomic E-state index is -0.391. The van der Waals surface area contributed by atoms with Crippen molar-refractivity contribution in [3.63, 3.8) is 0 Å². The number of nitrogens with zero attached hydrogens (tertiary/aromatic N) is 2. The standard InChI is InChI=1S/C16H26N2O/c1-13-7-4-5-9-15(13)16(19)12-17(2)11-14-8-6-10-18(14)3/h4-5,7,9,14,16,19H,6,8,10-12H2,1-3H3. The number of rotatable bonds is 5. The van der Waals surface area contributed by atoms with Gasteiger partial charge >= 0.3 is 0 Å². The summed E-state index contributed by atoms with van der Waals surface area (Å²) in [5.74, 6) is 0. The fourth-order valence-electron chi connectivity index (χ4n) is 3.00. The second-order valence-corrected chi connectivity index (χ2v) is 5.87. The molecule has 106 valence electrons. The van der Waals surface area contributed by atoms with Gasteiger partial charge in [0.1, 0.15) is 0 Å². The monoisotopic (exact) mass is 262 g/mol. The van der Waals surface area contributed by atoms with Crippen molar-refractivity contribution in [3.05, 3.63) is 35.4 Å². The second kappa shape index (κ2) is 6.51. The van der Waals surface area contributed by atoms with Crippen molar-refractivity contribution in [3.8, 4) is 0 Å². The van der Waals surface area contributed by atoms with Crippen LogP contribution in [-0.2, 0) is 0 Å². The van der Waals surface area contributed by atoms with Gasteiger partial charge in [-0.3, -0.25) is 0 Å². The maximum atomic E-state index is 10.4.